The van der Waals surface area contributed by atoms with Crippen molar-refractivity contribution in [2.45, 2.75) is 188 Å². The molecule has 0 bridgehead atoms. The van der Waals surface area contributed by atoms with E-state index >= 15 is 0 Å². The van der Waals surface area contributed by atoms with Gasteiger partial charge in [0.1, 0.15) is 42.7 Å². The molecule has 5 aliphatic carbocycles. The lowest BCUT2D eigenvalue weighted by molar-refractivity contribution is -0.366. The van der Waals surface area contributed by atoms with Crippen molar-refractivity contribution < 1.29 is 49.6 Å². The molecule has 2 saturated heterocycles. The number of fused-ring (bicyclic) bond motifs is 7. The monoisotopic (exact) mass is 734 g/mol. The molecule has 10 heteroatoms. The van der Waals surface area contributed by atoms with Gasteiger partial charge in [0.05, 0.1) is 18.8 Å². The third-order valence-corrected chi connectivity index (χ3v) is 17.6. The molecule has 6 N–H and O–H groups in total. The van der Waals surface area contributed by atoms with E-state index in [1.165, 1.54) is 39.0 Å². The molecule has 298 valence electrons. The number of aliphatic hydroxyl groups is 6. The van der Waals surface area contributed by atoms with E-state index in [4.69, 9.17) is 18.9 Å². The Morgan fingerprint density at radius 1 is 0.712 bits per heavy atom. The zero-order valence-corrected chi connectivity index (χ0v) is 33.2. The van der Waals surface area contributed by atoms with E-state index in [0.29, 0.717) is 29.1 Å². The Balaban J connectivity index is 1.08. The summed E-state index contributed by atoms with van der Waals surface area (Å²) in [5, 5.41) is 63.8. The fraction of sp³-hybridized carbons (Fsp3) is 0.952. The van der Waals surface area contributed by atoms with Crippen LogP contribution in [0.25, 0.3) is 0 Å². The van der Waals surface area contributed by atoms with Crippen molar-refractivity contribution in [3.63, 3.8) is 0 Å². The molecular weight excluding hydrogens is 664 g/mol. The Labute approximate surface area is 311 Å². The molecule has 20 unspecified atom stereocenters. The molecule has 0 spiro atoms. The van der Waals surface area contributed by atoms with Crippen LogP contribution in [0.2, 0.25) is 0 Å². The quantitative estimate of drug-likeness (QED) is 0.173. The highest BCUT2D eigenvalue weighted by Gasteiger charge is 2.68. The molecule has 4 saturated carbocycles. The number of rotatable bonds is 5. The molecule has 0 aromatic carbocycles. The minimum atomic E-state index is -1.61. The van der Waals surface area contributed by atoms with Crippen LogP contribution in [0.4, 0.5) is 0 Å². The van der Waals surface area contributed by atoms with E-state index in [0.717, 1.165) is 31.6 Å². The lowest BCUT2D eigenvalue weighted by atomic mass is 9.33. The van der Waals surface area contributed by atoms with Gasteiger partial charge < -0.3 is 49.6 Å². The van der Waals surface area contributed by atoms with Crippen molar-refractivity contribution >= 4 is 0 Å². The van der Waals surface area contributed by atoms with Gasteiger partial charge in [-0.2, -0.15) is 0 Å². The molecule has 0 aromatic heterocycles. The Kier molecular flexibility index (Phi) is 10.3. The number of ether oxygens (including phenoxy) is 4. The highest BCUT2D eigenvalue weighted by molar-refractivity contribution is 5.33. The van der Waals surface area contributed by atoms with Crippen LogP contribution in [0.15, 0.2) is 11.6 Å². The van der Waals surface area contributed by atoms with Crippen molar-refractivity contribution in [3.05, 3.63) is 11.6 Å². The molecule has 2 aliphatic heterocycles. The van der Waals surface area contributed by atoms with Gasteiger partial charge in [-0.15, -0.1) is 0 Å². The summed E-state index contributed by atoms with van der Waals surface area (Å²) in [5.41, 5.74) is 2.47. The molecule has 0 aromatic rings. The minimum Gasteiger partial charge on any atom is -0.394 e. The van der Waals surface area contributed by atoms with Gasteiger partial charge in [-0.3, -0.25) is 0 Å². The van der Waals surface area contributed by atoms with E-state index in [1.54, 1.807) is 5.57 Å². The number of hydrogen-bond donors (Lipinski definition) is 6. The van der Waals surface area contributed by atoms with E-state index < -0.39 is 68.0 Å². The maximum atomic E-state index is 11.3. The van der Waals surface area contributed by atoms with Crippen LogP contribution in [0.3, 0.4) is 0 Å². The fourth-order valence-corrected chi connectivity index (χ4v) is 13.9. The molecule has 6 fully saturated rings. The highest BCUT2D eigenvalue weighted by Crippen LogP contribution is 2.75. The average Bonchev–Trinajstić information content (AvgIpc) is 3.09. The van der Waals surface area contributed by atoms with E-state index in [2.05, 4.69) is 61.5 Å². The maximum absolute atomic E-state index is 11.3. The summed E-state index contributed by atoms with van der Waals surface area (Å²) >= 11 is 0. The summed E-state index contributed by atoms with van der Waals surface area (Å²) in [5.74, 6) is 3.10. The Morgan fingerprint density at radius 3 is 2.08 bits per heavy atom. The molecule has 7 aliphatic rings. The summed E-state index contributed by atoms with van der Waals surface area (Å²) in [7, 11) is 0. The predicted octanol–water partition coefficient (Wildman–Crippen LogP) is 4.70. The van der Waals surface area contributed by atoms with Gasteiger partial charge >= 0.3 is 0 Å². The topological polar surface area (TPSA) is 158 Å². The summed E-state index contributed by atoms with van der Waals surface area (Å²) in [4.78, 5) is 0. The maximum Gasteiger partial charge on any atom is 0.187 e. The smallest absolute Gasteiger partial charge is 0.187 e. The van der Waals surface area contributed by atoms with Gasteiger partial charge in [0.25, 0.3) is 0 Å². The first-order valence-electron chi connectivity index (χ1n) is 20.6. The molecule has 2 heterocycles. The normalized spacial score (nSPS) is 57.5. The van der Waals surface area contributed by atoms with E-state index in [1.807, 2.05) is 0 Å². The Hall–Kier alpha value is -0.660. The van der Waals surface area contributed by atoms with Crippen LogP contribution < -0.4 is 0 Å². The first-order valence-corrected chi connectivity index (χ1v) is 20.6. The summed E-state index contributed by atoms with van der Waals surface area (Å²) in [6.07, 6.45) is -0.322. The van der Waals surface area contributed by atoms with Gasteiger partial charge in [0, 0.05) is 0 Å². The van der Waals surface area contributed by atoms with E-state index in [-0.39, 0.29) is 27.8 Å². The van der Waals surface area contributed by atoms with Crippen molar-refractivity contribution in [2.24, 2.45) is 56.7 Å². The first-order chi connectivity index (χ1) is 24.2. The van der Waals surface area contributed by atoms with E-state index in [9.17, 15) is 30.6 Å². The second-order valence-corrected chi connectivity index (χ2v) is 20.3. The van der Waals surface area contributed by atoms with Gasteiger partial charge in [-0.05, 0) is 121 Å². The second kappa shape index (κ2) is 13.5. The standard InChI is InChI=1S/C42H70O10/c1-21-12-15-39(6)18-19-41(8)24(29(39)22(21)2)10-11-27-40(7)16-14-28(38(4,5)26(40)13-17-42(27,41)9)51-37-34(48)32(46)35(25(20-43)50-37)52-36-33(47)31(45)30(44)23(3)49-36/h10,21-23,25-37,43-48H,11-20H2,1-9H3. The Bertz CT molecular complexity index is 1350. The largest absolute Gasteiger partial charge is 0.394 e. The number of allylic oxidation sites excluding steroid dienone is 2. The third-order valence-electron chi connectivity index (χ3n) is 17.6. The van der Waals surface area contributed by atoms with Crippen molar-refractivity contribution in [3.8, 4) is 0 Å². The van der Waals surface area contributed by atoms with Gasteiger partial charge in [0.15, 0.2) is 12.6 Å². The van der Waals surface area contributed by atoms with Gasteiger partial charge in [-0.1, -0.05) is 67.0 Å². The average molecular weight is 735 g/mol. The van der Waals surface area contributed by atoms with Crippen molar-refractivity contribution in [1.82, 2.24) is 0 Å². The van der Waals surface area contributed by atoms with Crippen molar-refractivity contribution in [1.29, 1.82) is 0 Å². The number of hydrogen-bond acceptors (Lipinski definition) is 10. The molecule has 7 rings (SSSR count). The molecule has 20 atom stereocenters. The zero-order chi connectivity index (χ0) is 37.9. The van der Waals surface area contributed by atoms with Crippen LogP contribution in [0.1, 0.15) is 120 Å². The van der Waals surface area contributed by atoms with Gasteiger partial charge in [0.2, 0.25) is 0 Å². The van der Waals surface area contributed by atoms with Gasteiger partial charge in [-0.25, -0.2) is 0 Å². The Morgan fingerprint density at radius 2 is 1.38 bits per heavy atom. The highest BCUT2D eigenvalue weighted by atomic mass is 16.7. The first kappa shape index (κ1) is 39.6. The van der Waals surface area contributed by atoms with Crippen LogP contribution in [0.5, 0.6) is 0 Å². The zero-order valence-electron chi connectivity index (χ0n) is 33.2. The summed E-state index contributed by atoms with van der Waals surface area (Å²) < 4.78 is 24.2. The lowest BCUT2D eigenvalue weighted by Crippen LogP contribution is -2.66. The molecule has 0 radical (unpaired) electrons. The van der Waals surface area contributed by atoms with Crippen LogP contribution in [0, 0.1) is 56.7 Å². The van der Waals surface area contributed by atoms with Crippen molar-refractivity contribution in [2.75, 3.05) is 6.61 Å². The molecule has 0 amide bonds. The molecule has 52 heavy (non-hydrogen) atoms. The SMILES string of the molecule is CC1CCC2(C)CCC3(C)C(=CCC4C5(C)CCC(OC6OC(CO)C(OC7OC(C)C(O)C(O)C7O)C(O)C6O)C(C)(C)C5CCC43C)C2C1C. The van der Waals surface area contributed by atoms with Crippen LogP contribution in [-0.4, -0.2) is 105 Å². The fourth-order valence-electron chi connectivity index (χ4n) is 13.9. The lowest BCUT2D eigenvalue weighted by Gasteiger charge is -2.71. The minimum absolute atomic E-state index is 0.113. The summed E-state index contributed by atoms with van der Waals surface area (Å²) in [6, 6.07) is 0. The molecule has 10 nitrogen and oxygen atoms in total. The van der Waals surface area contributed by atoms with Crippen LogP contribution in [-0.2, 0) is 18.9 Å². The summed E-state index contributed by atoms with van der Waals surface area (Å²) in [6.45, 7) is 21.0. The molecular formula is C42H70O10. The third kappa shape index (κ3) is 5.69. The number of aliphatic hydroxyl groups excluding tert-OH is 6. The predicted molar refractivity (Wildman–Crippen MR) is 195 cm³/mol. The second-order valence-electron chi connectivity index (χ2n) is 20.3. The van der Waals surface area contributed by atoms with Crippen LogP contribution >= 0.6 is 0 Å².